The minimum Gasteiger partial charge on any atom is -0.308 e. The van der Waals surface area contributed by atoms with E-state index >= 15 is 0 Å². The van der Waals surface area contributed by atoms with Gasteiger partial charge < -0.3 is 4.40 Å². The Kier molecular flexibility index (Phi) is 4.05. The Balaban J connectivity index is 1.47. The second kappa shape index (κ2) is 7.08. The minimum atomic E-state index is 0.0896. The molecule has 0 spiro atoms. The van der Waals surface area contributed by atoms with E-state index in [1.807, 2.05) is 17.5 Å². The predicted molar refractivity (Wildman–Crippen MR) is 161 cm³/mol. The molecule has 37 heavy (non-hydrogen) atoms. The molecule has 4 aromatic carbocycles. The van der Waals surface area contributed by atoms with E-state index < -0.39 is 0 Å². The molecule has 3 heteroatoms. The van der Waals surface area contributed by atoms with Gasteiger partial charge in [0, 0.05) is 53.5 Å². The van der Waals surface area contributed by atoms with Gasteiger partial charge in [-0.3, -0.25) is 4.98 Å². The average Bonchev–Trinajstić information content (AvgIpc) is 3.52. The SMILES string of the molecule is Cc1cc2c3cc(-c4cc(C(C)(C)C)ccn4)ccc3n3c4cc5sc6ccccc6c5cc4c(c1)c23. The number of hydrogen-bond acceptors (Lipinski definition) is 2. The first-order valence-corrected chi connectivity index (χ1v) is 13.7. The first kappa shape index (κ1) is 21.2. The van der Waals surface area contributed by atoms with E-state index in [1.54, 1.807) is 0 Å². The maximum atomic E-state index is 4.75. The smallest absolute Gasteiger partial charge is 0.0705 e. The summed E-state index contributed by atoms with van der Waals surface area (Å²) in [6.07, 6.45) is 1.95. The van der Waals surface area contributed by atoms with Crippen LogP contribution < -0.4 is 0 Å². The van der Waals surface area contributed by atoms with Gasteiger partial charge in [0.2, 0.25) is 0 Å². The fourth-order valence-corrected chi connectivity index (χ4v) is 7.24. The van der Waals surface area contributed by atoms with Crippen LogP contribution in [-0.4, -0.2) is 9.38 Å². The van der Waals surface area contributed by atoms with Gasteiger partial charge in [0.15, 0.2) is 0 Å². The van der Waals surface area contributed by atoms with Crippen molar-refractivity contribution in [3.63, 3.8) is 0 Å². The van der Waals surface area contributed by atoms with Crippen molar-refractivity contribution in [3.05, 3.63) is 96.2 Å². The fourth-order valence-electron chi connectivity index (χ4n) is 6.12. The van der Waals surface area contributed by atoms with Crippen molar-refractivity contribution in [2.45, 2.75) is 33.1 Å². The van der Waals surface area contributed by atoms with Gasteiger partial charge in [-0.2, -0.15) is 0 Å². The summed E-state index contributed by atoms with van der Waals surface area (Å²) in [5, 5.41) is 8.00. The minimum absolute atomic E-state index is 0.0896. The summed E-state index contributed by atoms with van der Waals surface area (Å²) in [5.74, 6) is 0. The third kappa shape index (κ3) is 2.89. The topological polar surface area (TPSA) is 17.3 Å². The van der Waals surface area contributed by atoms with E-state index in [2.05, 4.69) is 111 Å². The summed E-state index contributed by atoms with van der Waals surface area (Å²) in [7, 11) is 0. The fraction of sp³-hybridized carbons (Fsp3) is 0.147. The number of rotatable bonds is 1. The van der Waals surface area contributed by atoms with Crippen LogP contribution in [0.25, 0.3) is 69.5 Å². The Morgan fingerprint density at radius 1 is 0.676 bits per heavy atom. The van der Waals surface area contributed by atoms with Crippen LogP contribution in [-0.2, 0) is 5.41 Å². The van der Waals surface area contributed by atoms with Gasteiger partial charge in [-0.1, -0.05) is 45.0 Å². The van der Waals surface area contributed by atoms with Crippen molar-refractivity contribution in [1.29, 1.82) is 0 Å². The first-order valence-electron chi connectivity index (χ1n) is 12.9. The highest BCUT2D eigenvalue weighted by molar-refractivity contribution is 7.25. The lowest BCUT2D eigenvalue weighted by Gasteiger charge is -2.19. The summed E-state index contributed by atoms with van der Waals surface area (Å²) >= 11 is 1.89. The molecule has 0 atom stereocenters. The molecule has 0 saturated carbocycles. The molecule has 4 aromatic heterocycles. The zero-order valence-corrected chi connectivity index (χ0v) is 22.2. The predicted octanol–water partition coefficient (Wildman–Crippen LogP) is 9.87. The highest BCUT2D eigenvalue weighted by atomic mass is 32.1. The first-order chi connectivity index (χ1) is 17.9. The molecule has 0 unspecified atom stereocenters. The van der Waals surface area contributed by atoms with E-state index in [0.29, 0.717) is 0 Å². The summed E-state index contributed by atoms with van der Waals surface area (Å²) in [5.41, 5.74) is 8.77. The van der Waals surface area contributed by atoms with Gasteiger partial charge >= 0.3 is 0 Å². The largest absolute Gasteiger partial charge is 0.308 e. The van der Waals surface area contributed by atoms with Crippen LogP contribution in [0, 0.1) is 6.92 Å². The third-order valence-electron chi connectivity index (χ3n) is 7.95. The van der Waals surface area contributed by atoms with Crippen molar-refractivity contribution < 1.29 is 0 Å². The van der Waals surface area contributed by atoms with Gasteiger partial charge in [0.1, 0.15) is 0 Å². The molecule has 8 rings (SSSR count). The molecule has 0 radical (unpaired) electrons. The van der Waals surface area contributed by atoms with Gasteiger partial charge in [-0.25, -0.2) is 0 Å². The molecule has 2 nitrogen and oxygen atoms in total. The molecule has 0 bridgehead atoms. The molecule has 0 amide bonds. The number of thiophene rings is 1. The van der Waals surface area contributed by atoms with Crippen molar-refractivity contribution in [2.75, 3.05) is 0 Å². The summed E-state index contributed by atoms with van der Waals surface area (Å²) in [6.45, 7) is 8.98. The van der Waals surface area contributed by atoms with E-state index in [0.717, 1.165) is 5.69 Å². The average molecular weight is 495 g/mol. The van der Waals surface area contributed by atoms with Gasteiger partial charge in [-0.05, 0) is 78.1 Å². The molecule has 0 fully saturated rings. The van der Waals surface area contributed by atoms with Crippen LogP contribution >= 0.6 is 11.3 Å². The second-order valence-electron chi connectivity index (χ2n) is 11.4. The van der Waals surface area contributed by atoms with Gasteiger partial charge in [-0.15, -0.1) is 11.3 Å². The molecule has 0 aliphatic rings. The van der Waals surface area contributed by atoms with Crippen molar-refractivity contribution in [1.82, 2.24) is 9.38 Å². The van der Waals surface area contributed by atoms with Crippen LogP contribution in [0.2, 0.25) is 0 Å². The van der Waals surface area contributed by atoms with Crippen LogP contribution in [0.3, 0.4) is 0 Å². The maximum absolute atomic E-state index is 4.75. The van der Waals surface area contributed by atoms with Crippen molar-refractivity contribution >= 4 is 69.6 Å². The summed E-state index contributed by atoms with van der Waals surface area (Å²) in [4.78, 5) is 4.75. The maximum Gasteiger partial charge on any atom is 0.0705 e. The number of aromatic nitrogens is 2. The van der Waals surface area contributed by atoms with Crippen LogP contribution in [0.1, 0.15) is 31.9 Å². The normalized spacial score (nSPS) is 12.9. The third-order valence-corrected chi connectivity index (χ3v) is 9.09. The molecule has 0 aliphatic heterocycles. The number of fused-ring (bicyclic) bond motifs is 9. The number of hydrogen-bond donors (Lipinski definition) is 0. The lowest BCUT2D eigenvalue weighted by atomic mass is 9.87. The Morgan fingerprint density at radius 2 is 1.46 bits per heavy atom. The lowest BCUT2D eigenvalue weighted by Crippen LogP contribution is -2.11. The number of benzene rings is 4. The Labute approximate surface area is 219 Å². The molecule has 8 aromatic rings. The van der Waals surface area contributed by atoms with E-state index in [9.17, 15) is 0 Å². The summed E-state index contributed by atoms with van der Waals surface area (Å²) in [6, 6.07) is 29.6. The number of nitrogens with zero attached hydrogens (tertiary/aromatic N) is 2. The highest BCUT2D eigenvalue weighted by Crippen LogP contribution is 2.44. The number of pyridine rings is 1. The second-order valence-corrected chi connectivity index (χ2v) is 12.5. The quantitative estimate of drug-likeness (QED) is 0.222. The van der Waals surface area contributed by atoms with E-state index in [1.165, 1.54) is 75.0 Å². The Hall–Kier alpha value is -3.95. The van der Waals surface area contributed by atoms with Gasteiger partial charge in [0.05, 0.1) is 22.2 Å². The summed E-state index contributed by atoms with van der Waals surface area (Å²) < 4.78 is 5.18. The van der Waals surface area contributed by atoms with E-state index in [4.69, 9.17) is 4.98 Å². The molecule has 178 valence electrons. The van der Waals surface area contributed by atoms with Crippen LogP contribution in [0.4, 0.5) is 0 Å². The Bertz CT molecular complexity index is 2190. The lowest BCUT2D eigenvalue weighted by molar-refractivity contribution is 0.589. The zero-order chi connectivity index (χ0) is 25.1. The van der Waals surface area contributed by atoms with Crippen molar-refractivity contribution in [3.8, 4) is 11.3 Å². The number of aryl methyl sites for hydroxylation is 1. The molecule has 0 aliphatic carbocycles. The van der Waals surface area contributed by atoms with Crippen LogP contribution in [0.15, 0.2) is 85.1 Å². The standard InChI is InChI=1S/C34H26N2S/c1-19-13-26-23-15-20(28-16-21(11-12-35-28)34(2,3)4)9-10-29(23)36-30-18-32-25(17-24(30)27(14-19)33(26)36)22-7-5-6-8-31(22)37-32/h5-18H,1-4H3. The monoisotopic (exact) mass is 494 g/mol. The molecular weight excluding hydrogens is 468 g/mol. The Morgan fingerprint density at radius 3 is 2.27 bits per heavy atom. The molecule has 0 N–H and O–H groups in total. The molecular formula is C34H26N2S. The van der Waals surface area contributed by atoms with E-state index in [-0.39, 0.29) is 5.41 Å². The van der Waals surface area contributed by atoms with Crippen LogP contribution in [0.5, 0.6) is 0 Å². The zero-order valence-electron chi connectivity index (χ0n) is 21.4. The van der Waals surface area contributed by atoms with Gasteiger partial charge in [0.25, 0.3) is 0 Å². The van der Waals surface area contributed by atoms with Crippen molar-refractivity contribution in [2.24, 2.45) is 0 Å². The molecule has 0 saturated heterocycles. The highest BCUT2D eigenvalue weighted by Gasteiger charge is 2.20. The molecule has 4 heterocycles.